The van der Waals surface area contributed by atoms with Gasteiger partial charge in [0.05, 0.1) is 16.6 Å². The van der Waals surface area contributed by atoms with Gasteiger partial charge in [-0.15, -0.1) is 11.3 Å². The predicted octanol–water partition coefficient (Wildman–Crippen LogP) is 5.08. The van der Waals surface area contributed by atoms with Gasteiger partial charge in [-0.3, -0.25) is 9.69 Å². The number of thiophene rings is 1. The number of carbonyl (C=O) groups excluding carboxylic acids is 1. The topological polar surface area (TPSA) is 45.7 Å². The Bertz CT molecular complexity index is 1130. The standard InChI is InChI=1S/C25H25N3O2S2/c29-24(18-21-4-3-17-31-21)28-15-13-27(14-16-28)12-11-19-7-9-20(10-8-19)30-25-26-22-5-1-2-6-23(22)32-25/h1-10,17H,11-16,18H2. The maximum absolute atomic E-state index is 12.5. The van der Waals surface area contributed by atoms with E-state index in [4.69, 9.17) is 4.74 Å². The van der Waals surface area contributed by atoms with Crippen LogP contribution in [-0.4, -0.2) is 53.4 Å². The molecule has 5 rings (SSSR count). The molecule has 1 amide bonds. The molecule has 3 heterocycles. The lowest BCUT2D eigenvalue weighted by Gasteiger charge is -2.34. The van der Waals surface area contributed by atoms with Crippen molar-refractivity contribution in [1.82, 2.24) is 14.8 Å². The number of carbonyl (C=O) groups is 1. The number of nitrogens with zero attached hydrogens (tertiary/aromatic N) is 3. The summed E-state index contributed by atoms with van der Waals surface area (Å²) < 4.78 is 7.08. The molecule has 0 atom stereocenters. The summed E-state index contributed by atoms with van der Waals surface area (Å²) in [5.74, 6) is 1.06. The lowest BCUT2D eigenvalue weighted by atomic mass is 10.1. The van der Waals surface area contributed by atoms with Gasteiger partial charge < -0.3 is 9.64 Å². The summed E-state index contributed by atoms with van der Waals surface area (Å²) in [6, 6.07) is 20.4. The first-order chi connectivity index (χ1) is 15.7. The minimum atomic E-state index is 0.246. The molecule has 1 saturated heterocycles. The van der Waals surface area contributed by atoms with E-state index >= 15 is 0 Å². The van der Waals surface area contributed by atoms with Crippen molar-refractivity contribution in [2.75, 3.05) is 32.7 Å². The first-order valence-electron chi connectivity index (χ1n) is 10.9. The van der Waals surface area contributed by atoms with Gasteiger partial charge in [0, 0.05) is 37.6 Å². The lowest BCUT2D eigenvalue weighted by Crippen LogP contribution is -2.49. The smallest absolute Gasteiger partial charge is 0.279 e. The molecule has 5 nitrogen and oxygen atoms in total. The number of aromatic nitrogens is 1. The van der Waals surface area contributed by atoms with E-state index in [1.165, 1.54) is 5.56 Å². The van der Waals surface area contributed by atoms with E-state index in [0.717, 1.165) is 60.0 Å². The zero-order valence-electron chi connectivity index (χ0n) is 17.8. The summed E-state index contributed by atoms with van der Waals surface area (Å²) in [5, 5.41) is 2.70. The Kier molecular flexibility index (Phi) is 6.48. The summed E-state index contributed by atoms with van der Waals surface area (Å²) in [6.45, 7) is 4.52. The van der Waals surface area contributed by atoms with Gasteiger partial charge in [-0.25, -0.2) is 4.98 Å². The number of amides is 1. The Balaban J connectivity index is 1.07. The number of thiazole rings is 1. The third kappa shape index (κ3) is 5.18. The van der Waals surface area contributed by atoms with Gasteiger partial charge in [0.1, 0.15) is 5.75 Å². The molecule has 0 radical (unpaired) electrons. The Morgan fingerprint density at radius 2 is 1.78 bits per heavy atom. The van der Waals surface area contributed by atoms with Crippen LogP contribution in [0.15, 0.2) is 66.0 Å². The highest BCUT2D eigenvalue weighted by Gasteiger charge is 2.21. The first-order valence-corrected chi connectivity index (χ1v) is 12.6. The van der Waals surface area contributed by atoms with Crippen molar-refractivity contribution in [1.29, 1.82) is 0 Å². The molecule has 4 aromatic rings. The number of piperazine rings is 1. The number of hydrogen-bond acceptors (Lipinski definition) is 6. The van der Waals surface area contributed by atoms with Gasteiger partial charge in [0.15, 0.2) is 0 Å². The molecule has 0 saturated carbocycles. The summed E-state index contributed by atoms with van der Waals surface area (Å²) in [5.41, 5.74) is 2.26. The van der Waals surface area contributed by atoms with E-state index in [1.54, 1.807) is 22.7 Å². The Hall–Kier alpha value is -2.74. The highest BCUT2D eigenvalue weighted by atomic mass is 32.1. The number of fused-ring (bicyclic) bond motifs is 1. The van der Waals surface area contributed by atoms with Crippen LogP contribution in [0, 0.1) is 0 Å². The van der Waals surface area contributed by atoms with Crippen LogP contribution in [0.2, 0.25) is 0 Å². The second kappa shape index (κ2) is 9.81. The quantitative estimate of drug-likeness (QED) is 0.383. The molecular formula is C25H25N3O2S2. The van der Waals surface area contributed by atoms with E-state index in [0.29, 0.717) is 11.6 Å². The predicted molar refractivity (Wildman–Crippen MR) is 131 cm³/mol. The fraction of sp³-hybridized carbons (Fsp3) is 0.280. The van der Waals surface area contributed by atoms with E-state index in [1.807, 2.05) is 52.7 Å². The minimum absolute atomic E-state index is 0.246. The number of hydrogen-bond donors (Lipinski definition) is 0. The summed E-state index contributed by atoms with van der Waals surface area (Å²) in [7, 11) is 0. The summed E-state index contributed by atoms with van der Waals surface area (Å²) in [4.78, 5) is 22.6. The summed E-state index contributed by atoms with van der Waals surface area (Å²) in [6.07, 6.45) is 1.52. The van der Waals surface area contributed by atoms with Gasteiger partial charge >= 0.3 is 0 Å². The maximum atomic E-state index is 12.5. The monoisotopic (exact) mass is 463 g/mol. The Morgan fingerprint density at radius 1 is 0.969 bits per heavy atom. The molecule has 0 aliphatic carbocycles. The van der Waals surface area contributed by atoms with Crippen molar-refractivity contribution in [3.8, 4) is 10.9 Å². The molecule has 1 aliphatic heterocycles. The van der Waals surface area contributed by atoms with Gasteiger partial charge in [-0.1, -0.05) is 41.7 Å². The largest absolute Gasteiger partial charge is 0.431 e. The second-order valence-electron chi connectivity index (χ2n) is 7.92. The molecule has 2 aromatic carbocycles. The van der Waals surface area contributed by atoms with Gasteiger partial charge in [0.25, 0.3) is 5.19 Å². The molecule has 0 N–H and O–H groups in total. The highest BCUT2D eigenvalue weighted by molar-refractivity contribution is 7.20. The van der Waals surface area contributed by atoms with Crippen molar-refractivity contribution in [3.05, 3.63) is 76.5 Å². The third-order valence-corrected chi connectivity index (χ3v) is 7.54. The average molecular weight is 464 g/mol. The molecule has 0 spiro atoms. The van der Waals surface area contributed by atoms with E-state index in [9.17, 15) is 4.79 Å². The lowest BCUT2D eigenvalue weighted by molar-refractivity contribution is -0.132. The fourth-order valence-corrected chi connectivity index (χ4v) is 5.43. The van der Waals surface area contributed by atoms with Gasteiger partial charge in [-0.05, 0) is 47.7 Å². The molecule has 164 valence electrons. The van der Waals surface area contributed by atoms with Crippen LogP contribution < -0.4 is 4.74 Å². The zero-order valence-corrected chi connectivity index (χ0v) is 19.4. The van der Waals surface area contributed by atoms with Crippen LogP contribution in [-0.2, 0) is 17.6 Å². The van der Waals surface area contributed by atoms with Crippen molar-refractivity contribution < 1.29 is 9.53 Å². The molecule has 1 fully saturated rings. The van der Waals surface area contributed by atoms with Crippen molar-refractivity contribution >= 4 is 38.8 Å². The van der Waals surface area contributed by atoms with Crippen LogP contribution in [0.3, 0.4) is 0 Å². The highest BCUT2D eigenvalue weighted by Crippen LogP contribution is 2.31. The first kappa shape index (κ1) is 21.1. The summed E-state index contributed by atoms with van der Waals surface area (Å²) >= 11 is 3.21. The normalized spacial score (nSPS) is 14.7. The van der Waals surface area contributed by atoms with Crippen LogP contribution >= 0.6 is 22.7 Å². The van der Waals surface area contributed by atoms with Gasteiger partial charge in [0.2, 0.25) is 5.91 Å². The molecule has 32 heavy (non-hydrogen) atoms. The van der Waals surface area contributed by atoms with Crippen LogP contribution in [0.5, 0.6) is 10.9 Å². The molecule has 0 unspecified atom stereocenters. The molecular weight excluding hydrogens is 438 g/mol. The number of rotatable bonds is 7. The van der Waals surface area contributed by atoms with Crippen LogP contribution in [0.4, 0.5) is 0 Å². The average Bonchev–Trinajstić information content (AvgIpc) is 3.48. The molecule has 0 bridgehead atoms. The Labute approximate surface area is 195 Å². The number of para-hydroxylation sites is 1. The van der Waals surface area contributed by atoms with Crippen molar-refractivity contribution in [3.63, 3.8) is 0 Å². The van der Waals surface area contributed by atoms with Crippen molar-refractivity contribution in [2.45, 2.75) is 12.8 Å². The molecule has 2 aromatic heterocycles. The van der Waals surface area contributed by atoms with Crippen LogP contribution in [0.1, 0.15) is 10.4 Å². The number of ether oxygens (including phenoxy) is 1. The van der Waals surface area contributed by atoms with E-state index in [2.05, 4.69) is 28.1 Å². The second-order valence-corrected chi connectivity index (χ2v) is 9.95. The molecule has 7 heteroatoms. The molecule has 1 aliphatic rings. The van der Waals surface area contributed by atoms with Crippen LogP contribution in [0.25, 0.3) is 10.2 Å². The number of benzene rings is 2. The van der Waals surface area contributed by atoms with Crippen molar-refractivity contribution in [2.24, 2.45) is 0 Å². The minimum Gasteiger partial charge on any atom is -0.431 e. The van der Waals surface area contributed by atoms with E-state index in [-0.39, 0.29) is 5.91 Å². The maximum Gasteiger partial charge on any atom is 0.279 e. The SMILES string of the molecule is O=C(Cc1cccs1)N1CCN(CCc2ccc(Oc3nc4ccccc4s3)cc2)CC1. The fourth-order valence-electron chi connectivity index (χ4n) is 3.90. The third-order valence-electron chi connectivity index (χ3n) is 5.75. The zero-order chi connectivity index (χ0) is 21.8. The van der Waals surface area contributed by atoms with Gasteiger partial charge in [-0.2, -0.15) is 0 Å². The Morgan fingerprint density at radius 3 is 2.53 bits per heavy atom. The van der Waals surface area contributed by atoms with E-state index < -0.39 is 0 Å².